The SMILES string of the molecule is COC1CC(N2CCN(C)CC2)CCC1NC1CC(NC2CCCC3CCN(C(C)=O)C32)C(F)CN1. The van der Waals surface area contributed by atoms with Gasteiger partial charge in [-0.3, -0.25) is 20.3 Å². The maximum Gasteiger partial charge on any atom is 0.219 e. The molecule has 5 aliphatic rings. The minimum Gasteiger partial charge on any atom is -0.380 e. The van der Waals surface area contributed by atoms with Gasteiger partial charge in [0.1, 0.15) is 6.17 Å². The van der Waals surface area contributed by atoms with Gasteiger partial charge in [-0.05, 0) is 57.9 Å². The lowest BCUT2D eigenvalue weighted by atomic mass is 9.80. The van der Waals surface area contributed by atoms with Crippen LogP contribution < -0.4 is 16.0 Å². The number of piperidine rings is 1. The molecule has 2 saturated carbocycles. The fourth-order valence-electron chi connectivity index (χ4n) is 7.85. The van der Waals surface area contributed by atoms with Crippen LogP contribution in [0.2, 0.25) is 0 Å². The summed E-state index contributed by atoms with van der Waals surface area (Å²) < 4.78 is 21.1. The Labute approximate surface area is 217 Å². The van der Waals surface area contributed by atoms with Gasteiger partial charge in [0.05, 0.1) is 12.3 Å². The third kappa shape index (κ3) is 5.91. The Hall–Kier alpha value is -0.840. The van der Waals surface area contributed by atoms with Crippen LogP contribution in [0.1, 0.15) is 58.3 Å². The van der Waals surface area contributed by atoms with Gasteiger partial charge in [0.15, 0.2) is 0 Å². The molecule has 8 nitrogen and oxygen atoms in total. The van der Waals surface area contributed by atoms with Crippen molar-refractivity contribution in [1.29, 1.82) is 0 Å². The van der Waals surface area contributed by atoms with E-state index in [1.165, 1.54) is 19.3 Å². The van der Waals surface area contributed by atoms with Crippen molar-refractivity contribution in [2.45, 2.75) is 107 Å². The molecule has 0 spiro atoms. The number of hydrogen-bond donors (Lipinski definition) is 3. The van der Waals surface area contributed by atoms with Crippen molar-refractivity contribution in [2.24, 2.45) is 5.92 Å². The monoisotopic (exact) mass is 508 g/mol. The molecule has 9 atom stereocenters. The number of piperazine rings is 1. The molecule has 3 heterocycles. The highest BCUT2D eigenvalue weighted by atomic mass is 19.1. The zero-order valence-corrected chi connectivity index (χ0v) is 22.6. The van der Waals surface area contributed by atoms with Gasteiger partial charge in [0, 0.05) is 83.5 Å². The predicted octanol–water partition coefficient (Wildman–Crippen LogP) is 1.16. The summed E-state index contributed by atoms with van der Waals surface area (Å²) in [7, 11) is 4.04. The standard InChI is InChI=1S/C27H49FN6O2/c1-18(35)34-10-9-19-5-4-6-23(27(19)34)30-24-16-26(29-17-21(24)28)31-22-8-7-20(15-25(22)36-3)33-13-11-32(2)12-14-33/h19-27,29-31H,4-17H2,1-3H3. The van der Waals surface area contributed by atoms with Crippen LogP contribution >= 0.6 is 0 Å². The number of hydrogen-bond acceptors (Lipinski definition) is 7. The molecule has 3 N–H and O–H groups in total. The van der Waals surface area contributed by atoms with Gasteiger partial charge >= 0.3 is 0 Å². The third-order valence-corrected chi connectivity index (χ3v) is 9.94. The molecule has 3 saturated heterocycles. The van der Waals surface area contributed by atoms with Gasteiger partial charge < -0.3 is 19.9 Å². The molecule has 0 aromatic rings. The lowest BCUT2D eigenvalue weighted by molar-refractivity contribution is -0.131. The summed E-state index contributed by atoms with van der Waals surface area (Å²) >= 11 is 0. The van der Waals surface area contributed by atoms with Crippen LogP contribution in [0.25, 0.3) is 0 Å². The topological polar surface area (TPSA) is 72.1 Å². The largest absolute Gasteiger partial charge is 0.380 e. The Morgan fingerprint density at radius 1 is 0.944 bits per heavy atom. The molecular weight excluding hydrogens is 459 g/mol. The van der Waals surface area contributed by atoms with Crippen molar-refractivity contribution in [2.75, 3.05) is 53.4 Å². The first-order valence-electron chi connectivity index (χ1n) is 14.5. The minimum absolute atomic E-state index is 0.0733. The number of likely N-dealkylation sites (N-methyl/N-ethyl adjacent to an activating group) is 1. The summed E-state index contributed by atoms with van der Waals surface area (Å²) in [5.41, 5.74) is 0. The van der Waals surface area contributed by atoms with E-state index in [2.05, 4.69) is 32.8 Å². The van der Waals surface area contributed by atoms with Crippen LogP contribution in [0.5, 0.6) is 0 Å². The summed E-state index contributed by atoms with van der Waals surface area (Å²) in [6.45, 7) is 7.49. The Morgan fingerprint density at radius 3 is 2.50 bits per heavy atom. The summed E-state index contributed by atoms with van der Waals surface area (Å²) in [5, 5.41) is 11.0. The molecule has 0 bridgehead atoms. The van der Waals surface area contributed by atoms with Gasteiger partial charge in [-0.15, -0.1) is 0 Å². The fourth-order valence-corrected chi connectivity index (χ4v) is 7.85. The number of alkyl halides is 1. The first-order valence-corrected chi connectivity index (χ1v) is 14.5. The van der Waals surface area contributed by atoms with E-state index in [-0.39, 0.29) is 42.3 Å². The van der Waals surface area contributed by atoms with Crippen molar-refractivity contribution in [1.82, 2.24) is 30.7 Å². The molecule has 3 aliphatic heterocycles. The lowest BCUT2D eigenvalue weighted by Gasteiger charge is -2.46. The number of halogens is 1. The van der Waals surface area contributed by atoms with E-state index in [9.17, 15) is 4.79 Å². The van der Waals surface area contributed by atoms with Gasteiger partial charge in [0.25, 0.3) is 0 Å². The molecule has 5 fully saturated rings. The number of methoxy groups -OCH3 is 1. The number of carbonyl (C=O) groups excluding carboxylic acids is 1. The summed E-state index contributed by atoms with van der Waals surface area (Å²) in [6.07, 6.45) is 7.87. The maximum atomic E-state index is 15.1. The Bertz CT molecular complexity index is 737. The molecule has 2 aliphatic carbocycles. The second-order valence-electron chi connectivity index (χ2n) is 12.1. The van der Waals surface area contributed by atoms with E-state index < -0.39 is 6.17 Å². The molecule has 9 heteroatoms. The molecule has 206 valence electrons. The van der Waals surface area contributed by atoms with Crippen LogP contribution in [0.15, 0.2) is 0 Å². The highest BCUT2D eigenvalue weighted by molar-refractivity contribution is 5.74. The molecule has 1 amide bonds. The second kappa shape index (κ2) is 11.9. The Morgan fingerprint density at radius 2 is 1.75 bits per heavy atom. The van der Waals surface area contributed by atoms with E-state index in [1.54, 1.807) is 6.92 Å². The zero-order chi connectivity index (χ0) is 25.2. The first kappa shape index (κ1) is 26.8. The van der Waals surface area contributed by atoms with Gasteiger partial charge in [-0.25, -0.2) is 4.39 Å². The van der Waals surface area contributed by atoms with Crippen LogP contribution in [-0.4, -0.2) is 123 Å². The molecule has 9 unspecified atom stereocenters. The number of fused-ring (bicyclic) bond motifs is 1. The molecular formula is C27H49FN6O2. The average Bonchev–Trinajstić information content (AvgIpc) is 3.32. The quantitative estimate of drug-likeness (QED) is 0.498. The smallest absolute Gasteiger partial charge is 0.219 e. The Kier molecular flexibility index (Phi) is 8.85. The van der Waals surface area contributed by atoms with Gasteiger partial charge in [-0.1, -0.05) is 6.42 Å². The predicted molar refractivity (Wildman–Crippen MR) is 140 cm³/mol. The van der Waals surface area contributed by atoms with Crippen molar-refractivity contribution < 1.29 is 13.9 Å². The van der Waals surface area contributed by atoms with Crippen molar-refractivity contribution in [3.63, 3.8) is 0 Å². The van der Waals surface area contributed by atoms with E-state index >= 15 is 4.39 Å². The molecule has 36 heavy (non-hydrogen) atoms. The molecule has 0 aromatic carbocycles. The highest BCUT2D eigenvalue weighted by Crippen LogP contribution is 2.37. The van der Waals surface area contributed by atoms with Crippen molar-refractivity contribution >= 4 is 5.91 Å². The molecule has 0 radical (unpaired) electrons. The number of amides is 1. The van der Waals surface area contributed by atoms with Crippen LogP contribution in [0.4, 0.5) is 4.39 Å². The van der Waals surface area contributed by atoms with E-state index in [0.717, 1.165) is 58.4 Å². The van der Waals surface area contributed by atoms with Crippen LogP contribution in [0, 0.1) is 5.92 Å². The normalized spacial score (nSPS) is 42.9. The summed E-state index contributed by atoms with van der Waals surface area (Å²) in [5.74, 6) is 0.724. The lowest BCUT2D eigenvalue weighted by Crippen LogP contribution is -2.65. The number of nitrogens with one attached hydrogen (secondary N) is 3. The minimum atomic E-state index is -0.915. The van der Waals surface area contributed by atoms with Crippen LogP contribution in [0.3, 0.4) is 0 Å². The third-order valence-electron chi connectivity index (χ3n) is 9.94. The van der Waals surface area contributed by atoms with Crippen molar-refractivity contribution in [3.8, 4) is 0 Å². The van der Waals surface area contributed by atoms with E-state index in [0.29, 0.717) is 24.9 Å². The summed E-state index contributed by atoms with van der Waals surface area (Å²) in [4.78, 5) is 19.4. The highest BCUT2D eigenvalue weighted by Gasteiger charge is 2.45. The number of rotatable bonds is 6. The van der Waals surface area contributed by atoms with Gasteiger partial charge in [0.2, 0.25) is 5.91 Å². The number of carbonyl (C=O) groups is 1. The van der Waals surface area contributed by atoms with Gasteiger partial charge in [-0.2, -0.15) is 0 Å². The zero-order valence-electron chi connectivity index (χ0n) is 22.6. The second-order valence-corrected chi connectivity index (χ2v) is 12.1. The van der Waals surface area contributed by atoms with E-state index in [1.807, 2.05) is 12.0 Å². The fraction of sp³-hybridized carbons (Fsp3) is 0.963. The Balaban J connectivity index is 1.16. The average molecular weight is 509 g/mol. The number of likely N-dealkylation sites (tertiary alicyclic amines) is 1. The number of ether oxygens (including phenoxy) is 1. The number of nitrogens with zero attached hydrogens (tertiary/aromatic N) is 3. The van der Waals surface area contributed by atoms with Crippen LogP contribution in [-0.2, 0) is 9.53 Å². The maximum absolute atomic E-state index is 15.1. The summed E-state index contributed by atoms with van der Waals surface area (Å²) in [6, 6.07) is 1.12. The molecule has 5 rings (SSSR count). The van der Waals surface area contributed by atoms with E-state index in [4.69, 9.17) is 4.74 Å². The van der Waals surface area contributed by atoms with Crippen molar-refractivity contribution in [3.05, 3.63) is 0 Å². The molecule has 0 aromatic heterocycles. The first-order chi connectivity index (χ1) is 17.4.